The van der Waals surface area contributed by atoms with Crippen LogP contribution in [0.4, 0.5) is 5.82 Å². The van der Waals surface area contributed by atoms with Crippen molar-refractivity contribution in [3.63, 3.8) is 0 Å². The number of benzene rings is 1. The maximum Gasteiger partial charge on any atom is 0.141 e. The van der Waals surface area contributed by atoms with Crippen LogP contribution in [-0.2, 0) is 0 Å². The number of piperazine rings is 1. The quantitative estimate of drug-likeness (QED) is 0.656. The zero-order valence-electron chi connectivity index (χ0n) is 17.3. The normalized spacial score (nSPS) is 21.3. The van der Waals surface area contributed by atoms with E-state index in [2.05, 4.69) is 57.3 Å². The van der Waals surface area contributed by atoms with Crippen molar-refractivity contribution in [1.29, 1.82) is 0 Å². The lowest BCUT2D eigenvalue weighted by Crippen LogP contribution is -2.50. The van der Waals surface area contributed by atoms with E-state index in [1.165, 1.54) is 55.7 Å². The van der Waals surface area contributed by atoms with Crippen LogP contribution >= 0.6 is 11.3 Å². The predicted molar refractivity (Wildman–Crippen MR) is 122 cm³/mol. The van der Waals surface area contributed by atoms with E-state index in [9.17, 15) is 0 Å². The SMILES string of the molecule is CCN1CCN(C2CCN(c3nc(C)nc4scc(-c5ccccc5)c34)C2)CC1. The van der Waals surface area contributed by atoms with Crippen LogP contribution in [-0.4, -0.2) is 71.6 Å². The van der Waals surface area contributed by atoms with E-state index >= 15 is 0 Å². The van der Waals surface area contributed by atoms with Crippen molar-refractivity contribution in [2.75, 3.05) is 50.7 Å². The number of nitrogens with zero attached hydrogens (tertiary/aromatic N) is 5. The first-order valence-corrected chi connectivity index (χ1v) is 11.6. The highest BCUT2D eigenvalue weighted by atomic mass is 32.1. The average molecular weight is 408 g/mol. The molecule has 0 N–H and O–H groups in total. The summed E-state index contributed by atoms with van der Waals surface area (Å²) in [6, 6.07) is 11.3. The van der Waals surface area contributed by atoms with Gasteiger partial charge in [-0.25, -0.2) is 9.97 Å². The van der Waals surface area contributed by atoms with Crippen molar-refractivity contribution in [2.24, 2.45) is 0 Å². The zero-order valence-corrected chi connectivity index (χ0v) is 18.2. The second-order valence-electron chi connectivity index (χ2n) is 8.15. The van der Waals surface area contributed by atoms with Crippen LogP contribution in [0.5, 0.6) is 0 Å². The first-order chi connectivity index (χ1) is 14.2. The number of thiophene rings is 1. The van der Waals surface area contributed by atoms with Crippen LogP contribution in [0.2, 0.25) is 0 Å². The van der Waals surface area contributed by atoms with Gasteiger partial charge in [0.05, 0.1) is 5.39 Å². The predicted octanol–water partition coefficient (Wildman–Crippen LogP) is 3.88. The smallest absolute Gasteiger partial charge is 0.141 e. The number of aromatic nitrogens is 2. The van der Waals surface area contributed by atoms with E-state index in [4.69, 9.17) is 9.97 Å². The fourth-order valence-corrected chi connectivity index (χ4v) is 5.75. The highest BCUT2D eigenvalue weighted by molar-refractivity contribution is 7.17. The summed E-state index contributed by atoms with van der Waals surface area (Å²) in [5, 5.41) is 3.47. The van der Waals surface area contributed by atoms with Gasteiger partial charge in [0.25, 0.3) is 0 Å². The zero-order chi connectivity index (χ0) is 19.8. The summed E-state index contributed by atoms with van der Waals surface area (Å²) in [5.74, 6) is 2.00. The third-order valence-corrected chi connectivity index (χ3v) is 7.32. The molecule has 0 radical (unpaired) electrons. The van der Waals surface area contributed by atoms with Gasteiger partial charge in [-0.15, -0.1) is 11.3 Å². The van der Waals surface area contributed by atoms with Crippen LogP contribution < -0.4 is 4.90 Å². The lowest BCUT2D eigenvalue weighted by molar-refractivity contribution is 0.107. The van der Waals surface area contributed by atoms with Crippen LogP contribution in [0.3, 0.4) is 0 Å². The topological polar surface area (TPSA) is 35.5 Å². The van der Waals surface area contributed by atoms with Gasteiger partial charge in [-0.2, -0.15) is 0 Å². The average Bonchev–Trinajstić information content (AvgIpc) is 3.41. The van der Waals surface area contributed by atoms with E-state index in [1.807, 2.05) is 6.92 Å². The Morgan fingerprint density at radius 1 is 1.03 bits per heavy atom. The maximum absolute atomic E-state index is 4.94. The number of anilines is 1. The molecular weight excluding hydrogens is 378 g/mol. The molecule has 0 aliphatic carbocycles. The van der Waals surface area contributed by atoms with Crippen LogP contribution in [0.1, 0.15) is 19.2 Å². The molecule has 1 atom stereocenters. The highest BCUT2D eigenvalue weighted by Crippen LogP contribution is 2.39. The van der Waals surface area contributed by atoms with Gasteiger partial charge >= 0.3 is 0 Å². The molecule has 0 amide bonds. The van der Waals surface area contributed by atoms with E-state index in [1.54, 1.807) is 11.3 Å². The number of rotatable bonds is 4. The molecule has 3 aromatic rings. The largest absolute Gasteiger partial charge is 0.354 e. The van der Waals surface area contributed by atoms with Crippen LogP contribution in [0.15, 0.2) is 35.7 Å². The summed E-state index contributed by atoms with van der Waals surface area (Å²) in [4.78, 5) is 18.5. The highest BCUT2D eigenvalue weighted by Gasteiger charge is 2.32. The molecule has 29 heavy (non-hydrogen) atoms. The third-order valence-electron chi connectivity index (χ3n) is 6.44. The molecule has 0 spiro atoms. The molecule has 2 aliphatic rings. The molecular formula is C23H29N5S. The third kappa shape index (κ3) is 3.65. The minimum absolute atomic E-state index is 0.637. The van der Waals surface area contributed by atoms with Crippen molar-refractivity contribution >= 4 is 27.4 Å². The van der Waals surface area contributed by atoms with Gasteiger partial charge in [-0.3, -0.25) is 4.90 Å². The molecule has 2 saturated heterocycles. The van der Waals surface area contributed by atoms with Crippen LogP contribution in [0.25, 0.3) is 21.3 Å². The van der Waals surface area contributed by atoms with Gasteiger partial charge in [0.15, 0.2) is 0 Å². The maximum atomic E-state index is 4.94. The Morgan fingerprint density at radius 2 is 1.83 bits per heavy atom. The molecule has 5 rings (SSSR count). The Labute approximate surface area is 177 Å². The van der Waals surface area contributed by atoms with Crippen LogP contribution in [0, 0.1) is 6.92 Å². The first-order valence-electron chi connectivity index (χ1n) is 10.8. The van der Waals surface area contributed by atoms with Gasteiger partial charge in [0, 0.05) is 56.3 Å². The fraction of sp³-hybridized carbons (Fsp3) is 0.478. The lowest BCUT2D eigenvalue weighted by atomic mass is 10.1. The monoisotopic (exact) mass is 407 g/mol. The summed E-state index contributed by atoms with van der Waals surface area (Å²) in [6.07, 6.45) is 1.22. The summed E-state index contributed by atoms with van der Waals surface area (Å²) < 4.78 is 0. The second-order valence-corrected chi connectivity index (χ2v) is 9.01. The van der Waals surface area contributed by atoms with Gasteiger partial charge in [0.1, 0.15) is 16.5 Å². The molecule has 152 valence electrons. The second kappa shape index (κ2) is 8.01. The molecule has 2 aromatic heterocycles. The van der Waals surface area contributed by atoms with Crippen molar-refractivity contribution in [3.8, 4) is 11.1 Å². The molecule has 0 saturated carbocycles. The van der Waals surface area contributed by atoms with Crippen molar-refractivity contribution in [1.82, 2.24) is 19.8 Å². The standard InChI is InChI=1S/C23H29N5S/c1-3-26-11-13-27(14-12-26)19-9-10-28(15-19)22-21-20(18-7-5-4-6-8-18)16-29-23(21)25-17(2)24-22/h4-8,16,19H,3,9-15H2,1-2H3. The Morgan fingerprint density at radius 3 is 2.59 bits per heavy atom. The Balaban J connectivity index is 1.44. The van der Waals surface area contributed by atoms with Crippen molar-refractivity contribution in [2.45, 2.75) is 26.3 Å². The minimum Gasteiger partial charge on any atom is -0.354 e. The molecule has 4 heterocycles. The van der Waals surface area contributed by atoms with E-state index in [0.29, 0.717) is 6.04 Å². The number of hydrogen-bond donors (Lipinski definition) is 0. The van der Waals surface area contributed by atoms with E-state index in [0.717, 1.165) is 29.6 Å². The Bertz CT molecular complexity index is 978. The van der Waals surface area contributed by atoms with Gasteiger partial charge < -0.3 is 9.80 Å². The number of hydrogen-bond acceptors (Lipinski definition) is 6. The molecule has 2 fully saturated rings. The van der Waals surface area contributed by atoms with E-state index < -0.39 is 0 Å². The molecule has 6 heteroatoms. The molecule has 5 nitrogen and oxygen atoms in total. The summed E-state index contributed by atoms with van der Waals surface area (Å²) in [6.45, 7) is 12.4. The summed E-state index contributed by atoms with van der Waals surface area (Å²) in [5.41, 5.74) is 2.51. The van der Waals surface area contributed by atoms with Crippen molar-refractivity contribution < 1.29 is 0 Å². The molecule has 2 aliphatic heterocycles. The summed E-state index contributed by atoms with van der Waals surface area (Å²) >= 11 is 1.73. The number of fused-ring (bicyclic) bond motifs is 1. The fourth-order valence-electron chi connectivity index (χ4n) is 4.76. The Kier molecular flexibility index (Phi) is 5.24. The number of likely N-dealkylation sites (N-methyl/N-ethyl adjacent to an activating group) is 1. The minimum atomic E-state index is 0.637. The Hall–Kier alpha value is -2.02. The number of aryl methyl sites for hydroxylation is 1. The lowest BCUT2D eigenvalue weighted by Gasteiger charge is -2.37. The molecule has 0 bridgehead atoms. The molecule has 1 unspecified atom stereocenters. The summed E-state index contributed by atoms with van der Waals surface area (Å²) in [7, 11) is 0. The van der Waals surface area contributed by atoms with Crippen molar-refractivity contribution in [3.05, 3.63) is 41.5 Å². The van der Waals surface area contributed by atoms with E-state index in [-0.39, 0.29) is 0 Å². The first kappa shape index (κ1) is 19.0. The van der Waals surface area contributed by atoms with Gasteiger partial charge in [-0.05, 0) is 25.5 Å². The van der Waals surface area contributed by atoms with Gasteiger partial charge in [0.2, 0.25) is 0 Å². The molecule has 1 aromatic carbocycles. The van der Waals surface area contributed by atoms with Gasteiger partial charge in [-0.1, -0.05) is 37.3 Å².